The zero-order valence-corrected chi connectivity index (χ0v) is 16.0. The fourth-order valence-corrected chi connectivity index (χ4v) is 6.46. The first-order chi connectivity index (χ1) is 12.4. The van der Waals surface area contributed by atoms with Crippen molar-refractivity contribution in [3.63, 3.8) is 0 Å². The lowest BCUT2D eigenvalue weighted by atomic mass is 9.48. The number of imide groups is 1. The van der Waals surface area contributed by atoms with Crippen molar-refractivity contribution in [3.8, 4) is 0 Å². The Labute approximate surface area is 155 Å². The molecule has 1 aliphatic heterocycles. The van der Waals surface area contributed by atoms with Gasteiger partial charge in [-0.25, -0.2) is 4.79 Å². The summed E-state index contributed by atoms with van der Waals surface area (Å²) in [6.07, 6.45) is 8.98. The lowest BCUT2D eigenvalue weighted by Crippen LogP contribution is -2.55. The Morgan fingerprint density at radius 3 is 2.23 bits per heavy atom. The van der Waals surface area contributed by atoms with Crippen molar-refractivity contribution in [3.05, 3.63) is 0 Å². The van der Waals surface area contributed by atoms with E-state index in [1.54, 1.807) is 7.05 Å². The minimum Gasteiger partial charge on any atom is -0.353 e. The lowest BCUT2D eigenvalue weighted by Gasteiger charge is -2.59. The van der Waals surface area contributed by atoms with Gasteiger partial charge in [0.2, 0.25) is 11.8 Å². The van der Waals surface area contributed by atoms with Crippen LogP contribution in [0.5, 0.6) is 0 Å². The van der Waals surface area contributed by atoms with E-state index in [0.29, 0.717) is 24.8 Å². The first kappa shape index (κ1) is 17.8. The number of carbonyl (C=O) groups excluding carboxylic acids is 3. The van der Waals surface area contributed by atoms with Gasteiger partial charge in [-0.05, 0) is 75.0 Å². The Morgan fingerprint density at radius 2 is 1.73 bits per heavy atom. The highest BCUT2D eigenvalue weighted by molar-refractivity contribution is 6.01. The summed E-state index contributed by atoms with van der Waals surface area (Å²) in [7, 11) is 1.63. The molecule has 0 radical (unpaired) electrons. The highest BCUT2D eigenvalue weighted by Gasteiger charge is 2.53. The number of nitrogens with zero attached hydrogens (tertiary/aromatic N) is 2. The molecule has 0 aromatic heterocycles. The molecule has 6 heteroatoms. The summed E-state index contributed by atoms with van der Waals surface area (Å²) in [5.41, 5.74) is 0.313. The topological polar surface area (TPSA) is 69.7 Å². The zero-order chi connectivity index (χ0) is 18.5. The average molecular weight is 361 g/mol. The third-order valence-corrected chi connectivity index (χ3v) is 7.40. The predicted molar refractivity (Wildman–Crippen MR) is 97.2 cm³/mol. The van der Waals surface area contributed by atoms with E-state index in [-0.39, 0.29) is 30.4 Å². The van der Waals surface area contributed by atoms with Crippen molar-refractivity contribution >= 4 is 17.8 Å². The van der Waals surface area contributed by atoms with Crippen molar-refractivity contribution < 1.29 is 14.4 Å². The fraction of sp³-hybridized carbons (Fsp3) is 0.850. The summed E-state index contributed by atoms with van der Waals surface area (Å²) in [6.45, 7) is 2.67. The van der Waals surface area contributed by atoms with Crippen molar-refractivity contribution in [2.75, 3.05) is 20.1 Å². The third kappa shape index (κ3) is 3.12. The smallest absolute Gasteiger partial charge is 0.326 e. The molecule has 0 unspecified atom stereocenters. The normalized spacial score (nSPS) is 36.8. The molecule has 5 fully saturated rings. The number of urea groups is 1. The zero-order valence-electron chi connectivity index (χ0n) is 16.0. The second kappa shape index (κ2) is 6.54. The lowest BCUT2D eigenvalue weighted by molar-refractivity contribution is -0.127. The van der Waals surface area contributed by atoms with Crippen molar-refractivity contribution in [2.45, 2.75) is 64.3 Å². The van der Waals surface area contributed by atoms with Crippen LogP contribution in [0.25, 0.3) is 0 Å². The number of hydrogen-bond acceptors (Lipinski definition) is 3. The van der Waals surface area contributed by atoms with Gasteiger partial charge in [-0.15, -0.1) is 0 Å². The van der Waals surface area contributed by atoms with Gasteiger partial charge >= 0.3 is 6.03 Å². The SMILES string of the molecule is C[C@@H](NC(=O)CCCN1C(=O)CN(C)C1=O)C12CC3CC(CC(C3)C1)C2. The largest absolute Gasteiger partial charge is 0.353 e. The predicted octanol–water partition coefficient (Wildman–Crippen LogP) is 2.38. The van der Waals surface area contributed by atoms with E-state index < -0.39 is 0 Å². The molecule has 4 saturated carbocycles. The first-order valence-electron chi connectivity index (χ1n) is 10.2. The first-order valence-corrected chi connectivity index (χ1v) is 10.2. The van der Waals surface area contributed by atoms with Gasteiger partial charge in [-0.2, -0.15) is 0 Å². The van der Waals surface area contributed by atoms with E-state index >= 15 is 0 Å². The Bertz CT molecular complexity index is 582. The third-order valence-electron chi connectivity index (χ3n) is 7.40. The van der Waals surface area contributed by atoms with Crippen LogP contribution in [0.2, 0.25) is 0 Å². The standard InChI is InChI=1S/C20H31N3O3/c1-13(20-9-14-6-15(10-20)8-16(7-14)11-20)21-17(24)4-3-5-23-18(25)12-22(2)19(23)26/h13-16H,3-12H2,1-2H3,(H,21,24)/t13-,14?,15?,16?,20?/m1/s1. The molecule has 0 aromatic carbocycles. The van der Waals surface area contributed by atoms with Crippen LogP contribution in [0.1, 0.15) is 58.3 Å². The van der Waals surface area contributed by atoms with Crippen LogP contribution in [0, 0.1) is 23.2 Å². The van der Waals surface area contributed by atoms with E-state index in [1.165, 1.54) is 48.3 Å². The Kier molecular flexibility index (Phi) is 4.48. The molecule has 6 nitrogen and oxygen atoms in total. The van der Waals surface area contributed by atoms with Gasteiger partial charge in [-0.3, -0.25) is 14.5 Å². The molecule has 5 rings (SSSR count). The minimum absolute atomic E-state index is 0.0562. The monoisotopic (exact) mass is 361 g/mol. The van der Waals surface area contributed by atoms with Gasteiger partial charge in [0.1, 0.15) is 6.54 Å². The quantitative estimate of drug-likeness (QED) is 0.739. The summed E-state index contributed by atoms with van der Waals surface area (Å²) in [6, 6.07) is -0.0260. The molecule has 4 amide bonds. The number of amides is 4. The summed E-state index contributed by atoms with van der Waals surface area (Å²) in [5.74, 6) is 2.53. The molecule has 0 spiro atoms. The highest BCUT2D eigenvalue weighted by Crippen LogP contribution is 2.61. The van der Waals surface area contributed by atoms with E-state index in [1.807, 2.05) is 0 Å². The molecule has 4 aliphatic carbocycles. The summed E-state index contributed by atoms with van der Waals surface area (Å²) >= 11 is 0. The maximum absolute atomic E-state index is 12.4. The number of likely N-dealkylation sites (N-methyl/N-ethyl adjacent to an activating group) is 1. The van der Waals surface area contributed by atoms with Gasteiger partial charge in [0.25, 0.3) is 0 Å². The molecule has 26 heavy (non-hydrogen) atoms. The van der Waals surface area contributed by atoms with Crippen LogP contribution in [-0.4, -0.2) is 53.8 Å². The molecule has 1 N–H and O–H groups in total. The van der Waals surface area contributed by atoms with E-state index in [4.69, 9.17) is 0 Å². The summed E-state index contributed by atoms with van der Waals surface area (Å²) in [4.78, 5) is 38.7. The number of nitrogens with one attached hydrogen (secondary N) is 1. The van der Waals surface area contributed by atoms with Crippen LogP contribution in [0.3, 0.4) is 0 Å². The maximum atomic E-state index is 12.4. The summed E-state index contributed by atoms with van der Waals surface area (Å²) in [5, 5.41) is 3.26. The van der Waals surface area contributed by atoms with Crippen LogP contribution in [0.15, 0.2) is 0 Å². The average Bonchev–Trinajstić information content (AvgIpc) is 2.79. The molecule has 1 atom stereocenters. The van der Waals surface area contributed by atoms with Crippen LogP contribution >= 0.6 is 0 Å². The molecule has 144 valence electrons. The van der Waals surface area contributed by atoms with Crippen molar-refractivity contribution in [2.24, 2.45) is 23.2 Å². The number of rotatable bonds is 6. The van der Waals surface area contributed by atoms with E-state index in [2.05, 4.69) is 12.2 Å². The molecule has 5 aliphatic rings. The van der Waals surface area contributed by atoms with Gasteiger partial charge in [-0.1, -0.05) is 0 Å². The molecular formula is C20H31N3O3. The van der Waals surface area contributed by atoms with Gasteiger partial charge < -0.3 is 10.2 Å². The van der Waals surface area contributed by atoms with Gasteiger partial charge in [0, 0.05) is 26.1 Å². The number of carbonyl (C=O) groups is 3. The second-order valence-electron chi connectivity index (χ2n) is 9.36. The molecule has 1 heterocycles. The van der Waals surface area contributed by atoms with Crippen LogP contribution in [-0.2, 0) is 9.59 Å². The van der Waals surface area contributed by atoms with Crippen LogP contribution < -0.4 is 5.32 Å². The Hall–Kier alpha value is -1.59. The molecular weight excluding hydrogens is 330 g/mol. The minimum atomic E-state index is -0.252. The number of hydrogen-bond donors (Lipinski definition) is 1. The molecule has 1 saturated heterocycles. The van der Waals surface area contributed by atoms with E-state index in [9.17, 15) is 14.4 Å². The second-order valence-corrected chi connectivity index (χ2v) is 9.36. The highest BCUT2D eigenvalue weighted by atomic mass is 16.2. The summed E-state index contributed by atoms with van der Waals surface area (Å²) < 4.78 is 0. The molecule has 4 bridgehead atoms. The van der Waals surface area contributed by atoms with Crippen molar-refractivity contribution in [1.82, 2.24) is 15.1 Å². The van der Waals surface area contributed by atoms with Crippen LogP contribution in [0.4, 0.5) is 4.79 Å². The fourth-order valence-electron chi connectivity index (χ4n) is 6.46. The maximum Gasteiger partial charge on any atom is 0.326 e. The van der Waals surface area contributed by atoms with Gasteiger partial charge in [0.05, 0.1) is 0 Å². The Balaban J connectivity index is 1.26. The van der Waals surface area contributed by atoms with E-state index in [0.717, 1.165) is 17.8 Å². The van der Waals surface area contributed by atoms with Gasteiger partial charge in [0.15, 0.2) is 0 Å². The Morgan fingerprint density at radius 1 is 1.15 bits per heavy atom. The van der Waals surface area contributed by atoms with Crippen molar-refractivity contribution in [1.29, 1.82) is 0 Å². The molecule has 0 aromatic rings.